The molecule has 0 saturated carbocycles. The predicted molar refractivity (Wildman–Crippen MR) is 72.1 cm³/mol. The molecule has 0 atom stereocenters. The molecule has 1 aromatic rings. The number of ether oxygens (including phenoxy) is 2. The van der Waals surface area contributed by atoms with Crippen molar-refractivity contribution in [2.75, 3.05) is 5.32 Å². The molecule has 0 aliphatic heterocycles. The molecule has 4 heteroatoms. The standard InChI is InChI=1S/C14H21NO3/c1-10(2)17-12-8-6-11(7-9-12)15-13(16)18-14(3,4)5/h6-10H,1-5H3,(H,15,16). The van der Waals surface area contributed by atoms with Crippen molar-refractivity contribution >= 4 is 11.8 Å². The Hall–Kier alpha value is -1.71. The van der Waals surface area contributed by atoms with E-state index in [0.717, 1.165) is 5.75 Å². The maximum Gasteiger partial charge on any atom is 0.412 e. The zero-order valence-electron chi connectivity index (χ0n) is 11.6. The fourth-order valence-electron chi connectivity index (χ4n) is 1.31. The van der Waals surface area contributed by atoms with Gasteiger partial charge in [0.25, 0.3) is 0 Å². The third-order valence-electron chi connectivity index (χ3n) is 1.87. The number of rotatable bonds is 3. The van der Waals surface area contributed by atoms with Gasteiger partial charge in [0, 0.05) is 5.69 Å². The lowest BCUT2D eigenvalue weighted by molar-refractivity contribution is 0.0636. The number of anilines is 1. The molecule has 0 aliphatic carbocycles. The highest BCUT2D eigenvalue weighted by atomic mass is 16.6. The Bertz CT molecular complexity index is 390. The second kappa shape index (κ2) is 5.76. The minimum absolute atomic E-state index is 0.134. The van der Waals surface area contributed by atoms with E-state index in [1.807, 2.05) is 46.8 Å². The van der Waals surface area contributed by atoms with Crippen LogP contribution in [0.2, 0.25) is 0 Å². The summed E-state index contributed by atoms with van der Waals surface area (Å²) in [5.74, 6) is 0.778. The largest absolute Gasteiger partial charge is 0.491 e. The highest BCUT2D eigenvalue weighted by molar-refractivity contribution is 5.84. The smallest absolute Gasteiger partial charge is 0.412 e. The Balaban J connectivity index is 2.56. The van der Waals surface area contributed by atoms with Gasteiger partial charge in [0.15, 0.2) is 0 Å². The van der Waals surface area contributed by atoms with Crippen LogP contribution < -0.4 is 10.1 Å². The Kier molecular flexibility index (Phi) is 4.59. The van der Waals surface area contributed by atoms with Gasteiger partial charge in [0.1, 0.15) is 11.4 Å². The summed E-state index contributed by atoms with van der Waals surface area (Å²) in [6, 6.07) is 7.18. The number of carbonyl (C=O) groups excluding carboxylic acids is 1. The number of carbonyl (C=O) groups is 1. The molecule has 0 aliphatic rings. The van der Waals surface area contributed by atoms with Crippen LogP contribution in [0.3, 0.4) is 0 Å². The summed E-state index contributed by atoms with van der Waals surface area (Å²) in [5.41, 5.74) is 0.186. The summed E-state index contributed by atoms with van der Waals surface area (Å²) in [7, 11) is 0. The predicted octanol–water partition coefficient (Wildman–Crippen LogP) is 3.82. The highest BCUT2D eigenvalue weighted by Crippen LogP contribution is 2.17. The van der Waals surface area contributed by atoms with Gasteiger partial charge in [0.2, 0.25) is 0 Å². The van der Waals surface area contributed by atoms with Crippen LogP contribution in [0.4, 0.5) is 10.5 Å². The van der Waals surface area contributed by atoms with Gasteiger partial charge in [-0.2, -0.15) is 0 Å². The molecule has 18 heavy (non-hydrogen) atoms. The van der Waals surface area contributed by atoms with Gasteiger partial charge >= 0.3 is 6.09 Å². The summed E-state index contributed by atoms with van der Waals surface area (Å²) in [6.45, 7) is 9.41. The Morgan fingerprint density at radius 3 is 2.17 bits per heavy atom. The van der Waals surface area contributed by atoms with Crippen LogP contribution in [-0.2, 0) is 4.74 Å². The van der Waals surface area contributed by atoms with E-state index in [4.69, 9.17) is 9.47 Å². The maximum absolute atomic E-state index is 11.5. The summed E-state index contributed by atoms with van der Waals surface area (Å²) in [4.78, 5) is 11.5. The van der Waals surface area contributed by atoms with Crippen molar-refractivity contribution in [1.82, 2.24) is 0 Å². The van der Waals surface area contributed by atoms with E-state index in [9.17, 15) is 4.79 Å². The molecule has 0 fully saturated rings. The Morgan fingerprint density at radius 2 is 1.72 bits per heavy atom. The zero-order chi connectivity index (χ0) is 13.8. The van der Waals surface area contributed by atoms with E-state index in [-0.39, 0.29) is 6.10 Å². The number of amides is 1. The molecule has 100 valence electrons. The van der Waals surface area contributed by atoms with Gasteiger partial charge in [0.05, 0.1) is 6.10 Å². The van der Waals surface area contributed by atoms with Crippen molar-refractivity contribution in [2.24, 2.45) is 0 Å². The monoisotopic (exact) mass is 251 g/mol. The van der Waals surface area contributed by atoms with Gasteiger partial charge in [-0.25, -0.2) is 4.79 Å². The third kappa shape index (κ3) is 5.57. The lowest BCUT2D eigenvalue weighted by atomic mass is 10.2. The van der Waals surface area contributed by atoms with Crippen molar-refractivity contribution in [2.45, 2.75) is 46.3 Å². The van der Waals surface area contributed by atoms with Crippen molar-refractivity contribution in [1.29, 1.82) is 0 Å². The zero-order valence-corrected chi connectivity index (χ0v) is 11.6. The molecule has 0 aromatic heterocycles. The van der Waals surface area contributed by atoms with Crippen LogP contribution in [0, 0.1) is 0 Å². The van der Waals surface area contributed by atoms with Crippen molar-refractivity contribution in [3.8, 4) is 5.75 Å². The normalized spacial score (nSPS) is 11.2. The van der Waals surface area contributed by atoms with E-state index < -0.39 is 11.7 Å². The van der Waals surface area contributed by atoms with Crippen LogP contribution in [0.1, 0.15) is 34.6 Å². The summed E-state index contributed by atoms with van der Waals surface area (Å²) >= 11 is 0. The van der Waals surface area contributed by atoms with Crippen LogP contribution in [0.5, 0.6) is 5.75 Å². The van der Waals surface area contributed by atoms with Gasteiger partial charge in [-0.3, -0.25) is 5.32 Å². The SMILES string of the molecule is CC(C)Oc1ccc(NC(=O)OC(C)(C)C)cc1. The molecule has 0 radical (unpaired) electrons. The topological polar surface area (TPSA) is 47.6 Å². The third-order valence-corrected chi connectivity index (χ3v) is 1.87. The molecular formula is C14H21NO3. The molecule has 4 nitrogen and oxygen atoms in total. The Morgan fingerprint density at radius 1 is 1.17 bits per heavy atom. The Labute approximate surface area is 108 Å². The first-order chi connectivity index (χ1) is 8.26. The van der Waals surface area contributed by atoms with E-state index >= 15 is 0 Å². The van der Waals surface area contributed by atoms with Crippen LogP contribution in [-0.4, -0.2) is 17.8 Å². The lowest BCUT2D eigenvalue weighted by Gasteiger charge is -2.19. The van der Waals surface area contributed by atoms with Gasteiger partial charge < -0.3 is 9.47 Å². The number of benzene rings is 1. The van der Waals surface area contributed by atoms with Gasteiger partial charge in [-0.05, 0) is 58.9 Å². The van der Waals surface area contributed by atoms with Crippen molar-refractivity contribution in [3.63, 3.8) is 0 Å². The van der Waals surface area contributed by atoms with E-state index in [0.29, 0.717) is 5.69 Å². The van der Waals surface area contributed by atoms with Crippen LogP contribution in [0.25, 0.3) is 0 Å². The molecule has 0 unspecified atom stereocenters. The fraction of sp³-hybridized carbons (Fsp3) is 0.500. The molecule has 1 amide bonds. The molecule has 1 rings (SSSR count). The van der Waals surface area contributed by atoms with Gasteiger partial charge in [-0.1, -0.05) is 0 Å². The quantitative estimate of drug-likeness (QED) is 0.888. The number of hydrogen-bond donors (Lipinski definition) is 1. The molecule has 1 aromatic carbocycles. The lowest BCUT2D eigenvalue weighted by Crippen LogP contribution is -2.27. The fourth-order valence-corrected chi connectivity index (χ4v) is 1.31. The van der Waals surface area contributed by atoms with Crippen molar-refractivity contribution in [3.05, 3.63) is 24.3 Å². The highest BCUT2D eigenvalue weighted by Gasteiger charge is 2.16. The van der Waals surface area contributed by atoms with Crippen LogP contribution in [0.15, 0.2) is 24.3 Å². The average molecular weight is 251 g/mol. The second-order valence-corrected chi connectivity index (χ2v) is 5.32. The van der Waals surface area contributed by atoms with E-state index in [2.05, 4.69) is 5.32 Å². The summed E-state index contributed by atoms with van der Waals surface area (Å²) < 4.78 is 10.7. The first kappa shape index (κ1) is 14.4. The average Bonchev–Trinajstić information content (AvgIpc) is 2.17. The molecule has 1 N–H and O–H groups in total. The van der Waals surface area contributed by atoms with Gasteiger partial charge in [-0.15, -0.1) is 0 Å². The molecule has 0 saturated heterocycles. The molecular weight excluding hydrogens is 230 g/mol. The minimum Gasteiger partial charge on any atom is -0.491 e. The first-order valence-electron chi connectivity index (χ1n) is 6.03. The first-order valence-corrected chi connectivity index (χ1v) is 6.03. The second-order valence-electron chi connectivity index (χ2n) is 5.32. The summed E-state index contributed by atoms with van der Waals surface area (Å²) in [6.07, 6.45) is -0.324. The van der Waals surface area contributed by atoms with Crippen LogP contribution >= 0.6 is 0 Å². The molecule has 0 bridgehead atoms. The molecule has 0 heterocycles. The van der Waals surface area contributed by atoms with E-state index in [1.54, 1.807) is 12.1 Å². The minimum atomic E-state index is -0.495. The van der Waals surface area contributed by atoms with E-state index in [1.165, 1.54) is 0 Å². The van der Waals surface area contributed by atoms with Crippen molar-refractivity contribution < 1.29 is 14.3 Å². The number of hydrogen-bond acceptors (Lipinski definition) is 3. The number of nitrogens with one attached hydrogen (secondary N) is 1. The summed E-state index contributed by atoms with van der Waals surface area (Å²) in [5, 5.41) is 2.66. The molecule has 0 spiro atoms. The maximum atomic E-state index is 11.5.